The van der Waals surface area contributed by atoms with Gasteiger partial charge in [-0.05, 0) is 49.1 Å². The molecule has 0 saturated heterocycles. The van der Waals surface area contributed by atoms with Crippen LogP contribution in [-0.4, -0.2) is 35.9 Å². The smallest absolute Gasteiger partial charge is 0.242 e. The number of ether oxygens (including phenoxy) is 1. The first kappa shape index (κ1) is 22.2. The van der Waals surface area contributed by atoms with Crippen LogP contribution >= 0.6 is 11.6 Å². The Hall–Kier alpha value is -2.53. The molecule has 30 heavy (non-hydrogen) atoms. The summed E-state index contributed by atoms with van der Waals surface area (Å²) in [5.74, 6) is 0.464. The van der Waals surface area contributed by atoms with E-state index in [0.717, 1.165) is 36.8 Å². The Labute approximate surface area is 183 Å². The van der Waals surface area contributed by atoms with Crippen molar-refractivity contribution in [3.05, 3.63) is 64.7 Å². The van der Waals surface area contributed by atoms with Gasteiger partial charge in [-0.1, -0.05) is 54.8 Å². The lowest BCUT2D eigenvalue weighted by Crippen LogP contribution is -2.50. The largest absolute Gasteiger partial charge is 0.497 e. The van der Waals surface area contributed by atoms with Crippen LogP contribution in [0.1, 0.15) is 43.7 Å². The molecule has 6 heteroatoms. The van der Waals surface area contributed by atoms with Gasteiger partial charge in [-0.15, -0.1) is 0 Å². The van der Waals surface area contributed by atoms with Gasteiger partial charge in [0.25, 0.3) is 0 Å². The molecule has 1 aliphatic rings. The van der Waals surface area contributed by atoms with Gasteiger partial charge in [0, 0.05) is 17.6 Å². The van der Waals surface area contributed by atoms with Gasteiger partial charge in [0.15, 0.2) is 0 Å². The van der Waals surface area contributed by atoms with E-state index in [1.54, 1.807) is 25.0 Å². The summed E-state index contributed by atoms with van der Waals surface area (Å²) in [6, 6.07) is 14.5. The van der Waals surface area contributed by atoms with Crippen molar-refractivity contribution in [1.29, 1.82) is 0 Å². The van der Waals surface area contributed by atoms with Gasteiger partial charge < -0.3 is 15.0 Å². The first-order valence-electron chi connectivity index (χ1n) is 10.4. The molecule has 0 aliphatic heterocycles. The van der Waals surface area contributed by atoms with E-state index in [0.29, 0.717) is 17.3 Å². The zero-order chi connectivity index (χ0) is 21.5. The van der Waals surface area contributed by atoms with Crippen LogP contribution in [-0.2, 0) is 22.6 Å². The number of benzene rings is 2. The maximum atomic E-state index is 13.3. The van der Waals surface area contributed by atoms with Gasteiger partial charge in [0.05, 0.1) is 13.5 Å². The molecule has 3 rings (SSSR count). The maximum Gasteiger partial charge on any atom is 0.242 e. The quantitative estimate of drug-likeness (QED) is 0.679. The van der Waals surface area contributed by atoms with Crippen LogP contribution < -0.4 is 10.1 Å². The summed E-state index contributed by atoms with van der Waals surface area (Å²) in [6.45, 7) is 2.11. The van der Waals surface area contributed by atoms with E-state index in [-0.39, 0.29) is 24.3 Å². The molecule has 0 radical (unpaired) electrons. The normalized spacial score (nSPS) is 14.9. The zero-order valence-corrected chi connectivity index (χ0v) is 18.3. The van der Waals surface area contributed by atoms with E-state index in [2.05, 4.69) is 5.32 Å². The van der Waals surface area contributed by atoms with Gasteiger partial charge in [0.1, 0.15) is 11.8 Å². The molecule has 1 aliphatic carbocycles. The Kier molecular flexibility index (Phi) is 7.75. The Balaban J connectivity index is 1.79. The van der Waals surface area contributed by atoms with Gasteiger partial charge in [-0.25, -0.2) is 0 Å². The highest BCUT2D eigenvalue weighted by Crippen LogP contribution is 2.21. The van der Waals surface area contributed by atoms with Crippen molar-refractivity contribution >= 4 is 23.4 Å². The first-order chi connectivity index (χ1) is 14.5. The van der Waals surface area contributed by atoms with Crippen LogP contribution in [0.5, 0.6) is 5.75 Å². The number of hydrogen-bond donors (Lipinski definition) is 1. The van der Waals surface area contributed by atoms with E-state index in [4.69, 9.17) is 16.3 Å². The Morgan fingerprint density at radius 1 is 1.17 bits per heavy atom. The predicted octanol–water partition coefficient (Wildman–Crippen LogP) is 4.37. The Bertz CT molecular complexity index is 880. The number of carbonyl (C=O) groups excluding carboxylic acids is 2. The van der Waals surface area contributed by atoms with Crippen LogP contribution in [0.15, 0.2) is 48.5 Å². The van der Waals surface area contributed by atoms with Gasteiger partial charge in [-0.2, -0.15) is 0 Å². The lowest BCUT2D eigenvalue weighted by Gasteiger charge is -2.30. The molecule has 5 nitrogen and oxygen atoms in total. The minimum atomic E-state index is -0.591. The fourth-order valence-corrected chi connectivity index (χ4v) is 4.05. The topological polar surface area (TPSA) is 58.6 Å². The average Bonchev–Trinajstić information content (AvgIpc) is 3.26. The third kappa shape index (κ3) is 5.76. The highest BCUT2D eigenvalue weighted by molar-refractivity contribution is 6.31. The highest BCUT2D eigenvalue weighted by atomic mass is 35.5. The first-order valence-corrected chi connectivity index (χ1v) is 10.8. The fourth-order valence-electron chi connectivity index (χ4n) is 3.85. The number of carbonyl (C=O) groups is 2. The molecule has 1 saturated carbocycles. The zero-order valence-electron chi connectivity index (χ0n) is 17.6. The van der Waals surface area contributed by atoms with Crippen molar-refractivity contribution in [2.24, 2.45) is 0 Å². The molecule has 0 heterocycles. The van der Waals surface area contributed by atoms with Crippen molar-refractivity contribution in [3.8, 4) is 5.75 Å². The Morgan fingerprint density at radius 2 is 1.90 bits per heavy atom. The lowest BCUT2D eigenvalue weighted by atomic mass is 10.1. The standard InChI is InChI=1S/C24H29ClN2O3/c1-17(24(29)26-20-10-4-5-11-20)27(16-18-8-7-12-21(14-18)30-2)23(28)15-19-9-3-6-13-22(19)25/h3,6-9,12-14,17,20H,4-5,10-11,15-16H2,1-2H3,(H,26,29)/t17-/m1/s1. The van der Waals surface area contributed by atoms with Crippen LogP contribution in [0.2, 0.25) is 5.02 Å². The van der Waals surface area contributed by atoms with E-state index < -0.39 is 6.04 Å². The van der Waals surface area contributed by atoms with Crippen LogP contribution in [0.25, 0.3) is 0 Å². The molecule has 2 aromatic carbocycles. The van der Waals surface area contributed by atoms with Crippen molar-refractivity contribution in [1.82, 2.24) is 10.2 Å². The summed E-state index contributed by atoms with van der Waals surface area (Å²) in [4.78, 5) is 27.8. The number of hydrogen-bond acceptors (Lipinski definition) is 3. The lowest BCUT2D eigenvalue weighted by molar-refractivity contribution is -0.140. The molecule has 160 valence electrons. The van der Waals surface area contributed by atoms with E-state index in [1.807, 2.05) is 42.5 Å². The summed E-state index contributed by atoms with van der Waals surface area (Å²) in [6.07, 6.45) is 4.42. The van der Waals surface area contributed by atoms with Gasteiger partial charge >= 0.3 is 0 Å². The fraction of sp³-hybridized carbons (Fsp3) is 0.417. The summed E-state index contributed by atoms with van der Waals surface area (Å²) in [7, 11) is 1.61. The van der Waals surface area contributed by atoms with Crippen LogP contribution in [0.3, 0.4) is 0 Å². The number of methoxy groups -OCH3 is 1. The summed E-state index contributed by atoms with van der Waals surface area (Å²) in [5, 5.41) is 3.67. The van der Waals surface area contributed by atoms with Crippen molar-refractivity contribution < 1.29 is 14.3 Å². The predicted molar refractivity (Wildman–Crippen MR) is 119 cm³/mol. The maximum absolute atomic E-state index is 13.3. The molecule has 1 atom stereocenters. The second kappa shape index (κ2) is 10.5. The molecular weight excluding hydrogens is 400 g/mol. The molecule has 2 aromatic rings. The van der Waals surface area contributed by atoms with Crippen molar-refractivity contribution in [2.75, 3.05) is 7.11 Å². The number of halogens is 1. The molecule has 0 aromatic heterocycles. The third-order valence-electron chi connectivity index (χ3n) is 5.66. The van der Waals surface area contributed by atoms with E-state index in [1.165, 1.54) is 0 Å². The number of nitrogens with zero attached hydrogens (tertiary/aromatic N) is 1. The van der Waals surface area contributed by atoms with E-state index >= 15 is 0 Å². The summed E-state index contributed by atoms with van der Waals surface area (Å²) >= 11 is 6.26. The SMILES string of the molecule is COc1cccc(CN(C(=O)Cc2ccccc2Cl)[C@H](C)C(=O)NC2CCCC2)c1. The Morgan fingerprint density at radius 3 is 2.60 bits per heavy atom. The molecule has 0 spiro atoms. The summed E-state index contributed by atoms with van der Waals surface area (Å²) in [5.41, 5.74) is 1.66. The van der Waals surface area contributed by atoms with Gasteiger partial charge in [0.2, 0.25) is 11.8 Å². The molecular formula is C24H29ClN2O3. The molecule has 0 unspecified atom stereocenters. The highest BCUT2D eigenvalue weighted by Gasteiger charge is 2.28. The second-order valence-electron chi connectivity index (χ2n) is 7.81. The molecule has 1 fully saturated rings. The molecule has 0 bridgehead atoms. The number of nitrogens with one attached hydrogen (secondary N) is 1. The average molecular weight is 429 g/mol. The third-order valence-corrected chi connectivity index (χ3v) is 6.02. The number of amides is 2. The summed E-state index contributed by atoms with van der Waals surface area (Å²) < 4.78 is 5.30. The minimum absolute atomic E-state index is 0.114. The van der Waals surface area contributed by atoms with Crippen molar-refractivity contribution in [2.45, 2.75) is 57.7 Å². The monoisotopic (exact) mass is 428 g/mol. The van der Waals surface area contributed by atoms with Crippen LogP contribution in [0.4, 0.5) is 0 Å². The second-order valence-corrected chi connectivity index (χ2v) is 8.21. The van der Waals surface area contributed by atoms with Gasteiger partial charge in [-0.3, -0.25) is 9.59 Å². The number of rotatable bonds is 8. The van der Waals surface area contributed by atoms with Crippen molar-refractivity contribution in [3.63, 3.8) is 0 Å². The van der Waals surface area contributed by atoms with Crippen LogP contribution in [0, 0.1) is 0 Å². The minimum Gasteiger partial charge on any atom is -0.497 e. The molecule has 2 amide bonds. The van der Waals surface area contributed by atoms with E-state index in [9.17, 15) is 9.59 Å². The molecule has 1 N–H and O–H groups in total.